The first kappa shape index (κ1) is 14.3. The number of hydrogen-bond acceptors (Lipinski definition) is 4. The number of H-pyrrole nitrogens is 1. The number of aliphatic hydroxyl groups is 1. The van der Waals surface area contributed by atoms with Gasteiger partial charge >= 0.3 is 0 Å². The van der Waals surface area contributed by atoms with Gasteiger partial charge in [0, 0.05) is 17.3 Å². The molecule has 23 heavy (non-hydrogen) atoms. The number of fused-ring (bicyclic) bond motifs is 3. The molecular formula is C17H17FN4O. The molecule has 4 rings (SSSR count). The first-order chi connectivity index (χ1) is 11.0. The zero-order chi connectivity index (χ0) is 16.1. The Kier molecular flexibility index (Phi) is 3.18. The Labute approximate surface area is 132 Å². The number of aliphatic hydroxyl groups excluding tert-OH is 1. The summed E-state index contributed by atoms with van der Waals surface area (Å²) in [5.74, 6) is 0. The van der Waals surface area contributed by atoms with Crippen molar-refractivity contribution in [2.45, 2.75) is 31.7 Å². The molecule has 0 aliphatic heterocycles. The maximum atomic E-state index is 13.9. The van der Waals surface area contributed by atoms with Crippen molar-refractivity contribution in [3.8, 4) is 11.4 Å². The Bertz CT molecular complexity index is 872. The number of nitrogens with one attached hydrogen (secondary N) is 1. The minimum absolute atomic E-state index is 0.345. The Hall–Kier alpha value is -2.31. The molecule has 3 aromatic rings. The van der Waals surface area contributed by atoms with Gasteiger partial charge in [0.25, 0.3) is 0 Å². The minimum atomic E-state index is -1.03. The van der Waals surface area contributed by atoms with Crippen molar-refractivity contribution < 1.29 is 9.50 Å². The molecule has 118 valence electrons. The number of alkyl halides is 1. The molecule has 0 saturated heterocycles. The van der Waals surface area contributed by atoms with Gasteiger partial charge in [-0.2, -0.15) is 0 Å². The number of benzene rings is 1. The average Bonchev–Trinajstić information content (AvgIpc) is 3.10. The quantitative estimate of drug-likeness (QED) is 0.678. The number of rotatable bonds is 2. The van der Waals surface area contributed by atoms with E-state index >= 15 is 0 Å². The first-order valence-corrected chi connectivity index (χ1v) is 7.59. The van der Waals surface area contributed by atoms with Gasteiger partial charge < -0.3 is 15.8 Å². The van der Waals surface area contributed by atoms with Gasteiger partial charge in [0.05, 0.1) is 35.9 Å². The summed E-state index contributed by atoms with van der Waals surface area (Å²) in [5.41, 5.74) is 10.7. The topological polar surface area (TPSA) is 87.8 Å². The van der Waals surface area contributed by atoms with E-state index in [0.717, 1.165) is 27.7 Å². The van der Waals surface area contributed by atoms with E-state index in [4.69, 9.17) is 5.73 Å². The van der Waals surface area contributed by atoms with Crippen LogP contribution in [-0.4, -0.2) is 26.2 Å². The number of halogens is 1. The number of nitrogens with two attached hydrogens (primary N) is 1. The molecule has 1 aliphatic rings. The predicted octanol–water partition coefficient (Wildman–Crippen LogP) is 2.57. The highest BCUT2D eigenvalue weighted by Gasteiger charge is 2.31. The van der Waals surface area contributed by atoms with Crippen LogP contribution in [0.25, 0.3) is 22.3 Å². The largest absolute Gasteiger partial charge is 0.387 e. The zero-order valence-corrected chi connectivity index (χ0v) is 12.6. The van der Waals surface area contributed by atoms with E-state index < -0.39 is 18.3 Å². The van der Waals surface area contributed by atoms with E-state index in [0.29, 0.717) is 17.8 Å². The summed E-state index contributed by atoms with van der Waals surface area (Å²) in [6.45, 7) is 1.65. The summed E-state index contributed by atoms with van der Waals surface area (Å²) in [6, 6.07) is 5.24. The highest BCUT2D eigenvalue weighted by atomic mass is 19.1. The number of aromatic amines is 1. The standard InChI is InChI=1S/C17H17FN4O/c1-8(23)15-6-21-16(7-20-15)14-5-11-10-4-12(18)17(19)9(10)2-3-13(11)22-14/h2-3,5-8,12,17,22-23H,4,19H2,1H3/t8-,12-,17+/m1/s1. The summed E-state index contributed by atoms with van der Waals surface area (Å²) in [7, 11) is 0. The van der Waals surface area contributed by atoms with Gasteiger partial charge in [-0.25, -0.2) is 4.39 Å². The minimum Gasteiger partial charge on any atom is -0.387 e. The van der Waals surface area contributed by atoms with Gasteiger partial charge in [-0.3, -0.25) is 9.97 Å². The molecule has 1 aliphatic carbocycles. The molecule has 2 aromatic heterocycles. The Morgan fingerprint density at radius 3 is 2.87 bits per heavy atom. The zero-order valence-electron chi connectivity index (χ0n) is 12.6. The normalized spacial score (nSPS) is 21.6. The fourth-order valence-electron chi connectivity index (χ4n) is 3.17. The van der Waals surface area contributed by atoms with E-state index in [1.54, 1.807) is 19.3 Å². The van der Waals surface area contributed by atoms with Crippen LogP contribution >= 0.6 is 0 Å². The smallest absolute Gasteiger partial charge is 0.123 e. The Morgan fingerprint density at radius 1 is 1.35 bits per heavy atom. The SMILES string of the molecule is C[C@@H](O)c1cnc(-c2cc3c4c(ccc3[nH]2)[C@H](N)[C@H](F)C4)cn1. The second kappa shape index (κ2) is 5.11. The van der Waals surface area contributed by atoms with Crippen LogP contribution in [-0.2, 0) is 6.42 Å². The molecule has 0 bridgehead atoms. The van der Waals surface area contributed by atoms with Crippen molar-refractivity contribution >= 4 is 10.9 Å². The fourth-order valence-corrected chi connectivity index (χ4v) is 3.17. The molecular weight excluding hydrogens is 295 g/mol. The predicted molar refractivity (Wildman–Crippen MR) is 85.5 cm³/mol. The molecule has 0 radical (unpaired) electrons. The molecule has 0 unspecified atom stereocenters. The average molecular weight is 312 g/mol. The van der Waals surface area contributed by atoms with Crippen molar-refractivity contribution in [2.75, 3.05) is 0 Å². The molecule has 2 heterocycles. The monoisotopic (exact) mass is 312 g/mol. The molecule has 0 spiro atoms. The molecule has 6 heteroatoms. The van der Waals surface area contributed by atoms with Gasteiger partial charge in [0.2, 0.25) is 0 Å². The van der Waals surface area contributed by atoms with E-state index in [-0.39, 0.29) is 0 Å². The van der Waals surface area contributed by atoms with Crippen LogP contribution in [0.5, 0.6) is 0 Å². The van der Waals surface area contributed by atoms with Crippen LogP contribution in [0, 0.1) is 0 Å². The van der Waals surface area contributed by atoms with Gasteiger partial charge in [-0.05, 0) is 30.2 Å². The Morgan fingerprint density at radius 2 is 2.17 bits per heavy atom. The van der Waals surface area contributed by atoms with E-state index in [9.17, 15) is 9.50 Å². The molecule has 4 N–H and O–H groups in total. The van der Waals surface area contributed by atoms with Gasteiger partial charge in [-0.1, -0.05) is 6.07 Å². The summed E-state index contributed by atoms with van der Waals surface area (Å²) in [5, 5.41) is 10.5. The Balaban J connectivity index is 1.79. The summed E-state index contributed by atoms with van der Waals surface area (Å²) >= 11 is 0. The van der Waals surface area contributed by atoms with Crippen LogP contribution in [0.1, 0.15) is 35.9 Å². The molecule has 3 atom stereocenters. The van der Waals surface area contributed by atoms with E-state index in [2.05, 4.69) is 15.0 Å². The van der Waals surface area contributed by atoms with Crippen LogP contribution in [0.15, 0.2) is 30.6 Å². The second-order valence-corrected chi connectivity index (χ2v) is 6.03. The molecule has 0 saturated carbocycles. The summed E-state index contributed by atoms with van der Waals surface area (Å²) in [6.07, 6.45) is 1.85. The number of aromatic nitrogens is 3. The lowest BCUT2D eigenvalue weighted by Crippen LogP contribution is -2.17. The van der Waals surface area contributed by atoms with Crippen LogP contribution in [0.2, 0.25) is 0 Å². The van der Waals surface area contributed by atoms with Crippen molar-refractivity contribution in [1.29, 1.82) is 0 Å². The molecule has 0 fully saturated rings. The van der Waals surface area contributed by atoms with Crippen molar-refractivity contribution in [1.82, 2.24) is 15.0 Å². The summed E-state index contributed by atoms with van der Waals surface area (Å²) in [4.78, 5) is 11.8. The third kappa shape index (κ3) is 2.22. The fraction of sp³-hybridized carbons (Fsp3) is 0.294. The van der Waals surface area contributed by atoms with Crippen molar-refractivity contribution in [3.05, 3.63) is 47.4 Å². The maximum Gasteiger partial charge on any atom is 0.123 e. The van der Waals surface area contributed by atoms with E-state index in [1.165, 1.54) is 0 Å². The third-order valence-corrected chi connectivity index (χ3v) is 4.48. The molecule has 1 aromatic carbocycles. The molecule has 0 amide bonds. The maximum absolute atomic E-state index is 13.9. The van der Waals surface area contributed by atoms with Crippen LogP contribution < -0.4 is 5.73 Å². The lowest BCUT2D eigenvalue weighted by atomic mass is 10.0. The van der Waals surface area contributed by atoms with Crippen molar-refractivity contribution in [3.63, 3.8) is 0 Å². The van der Waals surface area contributed by atoms with Crippen LogP contribution in [0.3, 0.4) is 0 Å². The lowest BCUT2D eigenvalue weighted by molar-refractivity contribution is 0.194. The third-order valence-electron chi connectivity index (χ3n) is 4.48. The van der Waals surface area contributed by atoms with Gasteiger partial charge in [0.1, 0.15) is 11.9 Å². The first-order valence-electron chi connectivity index (χ1n) is 7.59. The van der Waals surface area contributed by atoms with E-state index in [1.807, 2.05) is 18.2 Å². The second-order valence-electron chi connectivity index (χ2n) is 6.03. The van der Waals surface area contributed by atoms with Crippen LogP contribution in [0.4, 0.5) is 4.39 Å². The van der Waals surface area contributed by atoms with Crippen molar-refractivity contribution in [2.24, 2.45) is 5.73 Å². The lowest BCUT2D eigenvalue weighted by Gasteiger charge is -2.06. The number of hydrogen-bond donors (Lipinski definition) is 3. The number of nitrogens with zero attached hydrogens (tertiary/aromatic N) is 2. The summed E-state index contributed by atoms with van der Waals surface area (Å²) < 4.78 is 13.9. The van der Waals surface area contributed by atoms with Gasteiger partial charge in [0.15, 0.2) is 0 Å². The highest BCUT2D eigenvalue weighted by Crippen LogP contribution is 2.37. The highest BCUT2D eigenvalue weighted by molar-refractivity contribution is 5.89. The van der Waals surface area contributed by atoms with Gasteiger partial charge in [-0.15, -0.1) is 0 Å². The molecule has 5 nitrogen and oxygen atoms in total.